The number of hydrogen-bond donors (Lipinski definition) is 1. The second kappa shape index (κ2) is 6.54. The molecule has 102 valence electrons. The van der Waals surface area contributed by atoms with Crippen molar-refractivity contribution >= 4 is 17.2 Å². The Bertz CT molecular complexity index is 457. The van der Waals surface area contributed by atoms with Crippen molar-refractivity contribution in [2.75, 3.05) is 0 Å². The fourth-order valence-corrected chi connectivity index (χ4v) is 2.52. The Hall–Kier alpha value is -1.59. The van der Waals surface area contributed by atoms with Crippen LogP contribution in [-0.4, -0.2) is 16.8 Å². The van der Waals surface area contributed by atoms with Gasteiger partial charge in [0, 0.05) is 4.88 Å². The van der Waals surface area contributed by atoms with E-state index >= 15 is 0 Å². The molecule has 2 aromatic heterocycles. The van der Waals surface area contributed by atoms with Crippen molar-refractivity contribution in [2.24, 2.45) is 5.73 Å². The Balaban J connectivity index is 2.10. The SMILES string of the molecule is CC[C@H](N)C(=O)N(Cc1ccco1)Cc1cccs1. The largest absolute Gasteiger partial charge is 0.467 e. The molecule has 0 bridgehead atoms. The van der Waals surface area contributed by atoms with Crippen LogP contribution in [0.15, 0.2) is 40.3 Å². The molecule has 0 saturated heterocycles. The highest BCUT2D eigenvalue weighted by Crippen LogP contribution is 2.16. The summed E-state index contributed by atoms with van der Waals surface area (Å²) in [5.41, 5.74) is 5.86. The highest BCUT2D eigenvalue weighted by atomic mass is 32.1. The van der Waals surface area contributed by atoms with Gasteiger partial charge >= 0.3 is 0 Å². The first-order valence-electron chi connectivity index (χ1n) is 6.29. The van der Waals surface area contributed by atoms with Gasteiger partial charge in [-0.2, -0.15) is 0 Å². The van der Waals surface area contributed by atoms with Gasteiger partial charge in [0.05, 0.1) is 25.4 Å². The van der Waals surface area contributed by atoms with Gasteiger partial charge in [-0.25, -0.2) is 0 Å². The molecule has 0 aliphatic carbocycles. The molecule has 19 heavy (non-hydrogen) atoms. The van der Waals surface area contributed by atoms with Crippen LogP contribution in [0.3, 0.4) is 0 Å². The molecule has 0 aromatic carbocycles. The second-order valence-corrected chi connectivity index (χ2v) is 5.40. The summed E-state index contributed by atoms with van der Waals surface area (Å²) in [7, 11) is 0. The summed E-state index contributed by atoms with van der Waals surface area (Å²) in [6.45, 7) is 2.95. The van der Waals surface area contributed by atoms with Crippen molar-refractivity contribution in [3.63, 3.8) is 0 Å². The van der Waals surface area contributed by atoms with Crippen LogP contribution in [0.2, 0.25) is 0 Å². The second-order valence-electron chi connectivity index (χ2n) is 4.37. The van der Waals surface area contributed by atoms with E-state index < -0.39 is 6.04 Å². The molecule has 0 spiro atoms. The van der Waals surface area contributed by atoms with Crippen molar-refractivity contribution in [2.45, 2.75) is 32.5 Å². The van der Waals surface area contributed by atoms with Crippen molar-refractivity contribution in [1.29, 1.82) is 0 Å². The quantitative estimate of drug-likeness (QED) is 0.883. The molecule has 5 heteroatoms. The smallest absolute Gasteiger partial charge is 0.240 e. The number of furan rings is 1. The minimum atomic E-state index is -0.449. The first kappa shape index (κ1) is 13.8. The summed E-state index contributed by atoms with van der Waals surface area (Å²) in [5.74, 6) is 0.737. The zero-order chi connectivity index (χ0) is 13.7. The zero-order valence-corrected chi connectivity index (χ0v) is 11.7. The lowest BCUT2D eigenvalue weighted by Crippen LogP contribution is -2.42. The minimum absolute atomic E-state index is 0.0349. The number of hydrogen-bond acceptors (Lipinski definition) is 4. The molecule has 1 amide bonds. The van der Waals surface area contributed by atoms with Gasteiger partial charge in [-0.3, -0.25) is 4.79 Å². The standard InChI is InChI=1S/C14H18N2O2S/c1-2-13(15)14(17)16(9-11-5-3-7-18-11)10-12-6-4-8-19-12/h3-8,13H,2,9-10,15H2,1H3/t13-/m0/s1. The Morgan fingerprint density at radius 3 is 2.84 bits per heavy atom. The Morgan fingerprint density at radius 1 is 1.42 bits per heavy atom. The van der Waals surface area contributed by atoms with E-state index in [0.29, 0.717) is 19.5 Å². The molecule has 1 atom stereocenters. The number of rotatable bonds is 6. The molecule has 0 fully saturated rings. The molecule has 2 heterocycles. The van der Waals surface area contributed by atoms with Crippen LogP contribution in [0.5, 0.6) is 0 Å². The van der Waals surface area contributed by atoms with E-state index in [4.69, 9.17) is 10.2 Å². The molecule has 2 aromatic rings. The predicted octanol–water partition coefficient (Wildman–Crippen LogP) is 2.61. The van der Waals surface area contributed by atoms with Gasteiger partial charge in [-0.05, 0) is 30.0 Å². The van der Waals surface area contributed by atoms with E-state index in [2.05, 4.69) is 0 Å². The summed E-state index contributed by atoms with van der Waals surface area (Å²) >= 11 is 1.64. The molecule has 0 saturated carbocycles. The van der Waals surface area contributed by atoms with Gasteiger partial charge in [0.25, 0.3) is 0 Å². The van der Waals surface area contributed by atoms with Gasteiger partial charge in [-0.1, -0.05) is 13.0 Å². The van der Waals surface area contributed by atoms with Crippen molar-refractivity contribution in [1.82, 2.24) is 4.90 Å². The average molecular weight is 278 g/mol. The van der Waals surface area contributed by atoms with Crippen LogP contribution in [0.1, 0.15) is 24.0 Å². The fourth-order valence-electron chi connectivity index (χ4n) is 1.80. The summed E-state index contributed by atoms with van der Waals surface area (Å²) in [6, 6.07) is 7.24. The lowest BCUT2D eigenvalue weighted by molar-refractivity contribution is -0.134. The van der Waals surface area contributed by atoms with E-state index in [-0.39, 0.29) is 5.91 Å². The fraction of sp³-hybridized carbons (Fsp3) is 0.357. The van der Waals surface area contributed by atoms with Crippen LogP contribution in [0.25, 0.3) is 0 Å². The molecular formula is C14H18N2O2S. The number of carbonyl (C=O) groups is 1. The van der Waals surface area contributed by atoms with Gasteiger partial charge in [-0.15, -0.1) is 11.3 Å². The topological polar surface area (TPSA) is 59.5 Å². The van der Waals surface area contributed by atoms with Crippen molar-refractivity contribution < 1.29 is 9.21 Å². The van der Waals surface area contributed by atoms with E-state index in [1.54, 1.807) is 22.5 Å². The van der Waals surface area contributed by atoms with Crippen LogP contribution in [-0.2, 0) is 17.9 Å². The first-order valence-corrected chi connectivity index (χ1v) is 7.17. The van der Waals surface area contributed by atoms with Crippen molar-refractivity contribution in [3.8, 4) is 0 Å². The summed E-state index contributed by atoms with van der Waals surface area (Å²) < 4.78 is 5.32. The van der Waals surface area contributed by atoms with Crippen molar-refractivity contribution in [3.05, 3.63) is 46.5 Å². The Kier molecular flexibility index (Phi) is 4.76. The Labute approximate surface area is 116 Å². The van der Waals surface area contributed by atoms with E-state index in [1.165, 1.54) is 0 Å². The molecule has 0 unspecified atom stereocenters. The molecule has 2 rings (SSSR count). The normalized spacial score (nSPS) is 12.3. The number of thiophene rings is 1. The first-order chi connectivity index (χ1) is 9.20. The third kappa shape index (κ3) is 3.68. The van der Waals surface area contributed by atoms with Gasteiger partial charge in [0.15, 0.2) is 0 Å². The Morgan fingerprint density at radius 2 is 2.26 bits per heavy atom. The number of amides is 1. The number of carbonyl (C=O) groups excluding carboxylic acids is 1. The van der Waals surface area contributed by atoms with E-state index in [1.807, 2.05) is 36.6 Å². The number of nitrogens with zero attached hydrogens (tertiary/aromatic N) is 1. The predicted molar refractivity (Wildman–Crippen MR) is 75.5 cm³/mol. The van der Waals surface area contributed by atoms with Gasteiger partial charge in [0.2, 0.25) is 5.91 Å². The maximum absolute atomic E-state index is 12.3. The lowest BCUT2D eigenvalue weighted by Gasteiger charge is -2.24. The molecular weight excluding hydrogens is 260 g/mol. The van der Waals surface area contributed by atoms with Crippen LogP contribution in [0.4, 0.5) is 0 Å². The highest BCUT2D eigenvalue weighted by Gasteiger charge is 2.21. The third-order valence-corrected chi connectivity index (χ3v) is 3.78. The maximum atomic E-state index is 12.3. The summed E-state index contributed by atoms with van der Waals surface area (Å²) in [6.07, 6.45) is 2.25. The third-order valence-electron chi connectivity index (χ3n) is 2.92. The number of nitrogens with two attached hydrogens (primary N) is 1. The van der Waals surface area contributed by atoms with E-state index in [9.17, 15) is 4.79 Å². The van der Waals surface area contributed by atoms with Crippen LogP contribution >= 0.6 is 11.3 Å². The molecule has 2 N–H and O–H groups in total. The lowest BCUT2D eigenvalue weighted by atomic mass is 10.2. The highest BCUT2D eigenvalue weighted by molar-refractivity contribution is 7.09. The van der Waals surface area contributed by atoms with Crippen LogP contribution < -0.4 is 5.73 Å². The summed E-state index contributed by atoms with van der Waals surface area (Å²) in [4.78, 5) is 15.2. The zero-order valence-electron chi connectivity index (χ0n) is 10.9. The molecule has 0 aliphatic rings. The van der Waals surface area contributed by atoms with Gasteiger partial charge < -0.3 is 15.1 Å². The molecule has 4 nitrogen and oxygen atoms in total. The monoisotopic (exact) mass is 278 g/mol. The minimum Gasteiger partial charge on any atom is -0.467 e. The summed E-state index contributed by atoms with van der Waals surface area (Å²) in [5, 5.41) is 2.00. The molecule has 0 radical (unpaired) electrons. The van der Waals surface area contributed by atoms with E-state index in [0.717, 1.165) is 10.6 Å². The average Bonchev–Trinajstić information content (AvgIpc) is 3.09. The van der Waals surface area contributed by atoms with Crippen LogP contribution in [0, 0.1) is 0 Å². The maximum Gasteiger partial charge on any atom is 0.240 e. The van der Waals surface area contributed by atoms with Gasteiger partial charge in [0.1, 0.15) is 5.76 Å². The molecule has 0 aliphatic heterocycles.